The predicted octanol–water partition coefficient (Wildman–Crippen LogP) is 2.11. The Morgan fingerprint density at radius 3 is 2.73 bits per heavy atom. The lowest BCUT2D eigenvalue weighted by Crippen LogP contribution is -2.25. The van der Waals surface area contributed by atoms with E-state index in [1.54, 1.807) is 0 Å². The van der Waals surface area contributed by atoms with Crippen LogP contribution in [0.25, 0.3) is 0 Å². The fourth-order valence-electron chi connectivity index (χ4n) is 2.73. The van der Waals surface area contributed by atoms with Crippen molar-refractivity contribution in [1.82, 2.24) is 0 Å². The second-order valence-electron chi connectivity index (χ2n) is 4.65. The smallest absolute Gasteiger partial charge is 0.0554 e. The van der Waals surface area contributed by atoms with Crippen molar-refractivity contribution in [3.8, 4) is 0 Å². The first kappa shape index (κ1) is 7.35. The van der Waals surface area contributed by atoms with Crippen molar-refractivity contribution in [1.29, 1.82) is 0 Å². The van der Waals surface area contributed by atoms with Crippen LogP contribution in [0.3, 0.4) is 0 Å². The molecule has 1 heteroatoms. The van der Waals surface area contributed by atoms with Crippen molar-refractivity contribution in [2.75, 3.05) is 0 Å². The van der Waals surface area contributed by atoms with E-state index in [1.165, 1.54) is 0 Å². The third kappa shape index (κ3) is 0.807. The molecule has 0 aromatic heterocycles. The van der Waals surface area contributed by atoms with Crippen molar-refractivity contribution in [3.63, 3.8) is 0 Å². The zero-order valence-corrected chi connectivity index (χ0v) is 7.30. The molecular formula is C10H16O. The first-order valence-corrected chi connectivity index (χ1v) is 4.42. The maximum absolute atomic E-state index is 9.53. The quantitative estimate of drug-likeness (QED) is 0.527. The van der Waals surface area contributed by atoms with E-state index < -0.39 is 0 Å². The van der Waals surface area contributed by atoms with Gasteiger partial charge in [0.1, 0.15) is 0 Å². The van der Waals surface area contributed by atoms with Gasteiger partial charge in [-0.05, 0) is 30.1 Å². The van der Waals surface area contributed by atoms with Gasteiger partial charge in [0.05, 0.1) is 6.10 Å². The van der Waals surface area contributed by atoms with E-state index in [0.29, 0.717) is 5.41 Å². The van der Waals surface area contributed by atoms with Crippen LogP contribution in [-0.2, 0) is 0 Å². The molecule has 0 aromatic rings. The molecule has 0 spiro atoms. The summed E-state index contributed by atoms with van der Waals surface area (Å²) in [5, 5.41) is 9.53. The summed E-state index contributed by atoms with van der Waals surface area (Å²) in [5.41, 5.74) is 0.638. The van der Waals surface area contributed by atoms with Crippen molar-refractivity contribution in [2.45, 2.75) is 39.2 Å². The zero-order chi connectivity index (χ0) is 8.11. The fraction of sp³-hybridized carbons (Fsp3) is 0.800. The Morgan fingerprint density at radius 1 is 1.36 bits per heavy atom. The lowest BCUT2D eigenvalue weighted by atomic mass is 9.71. The van der Waals surface area contributed by atoms with Crippen molar-refractivity contribution in [2.24, 2.45) is 10.8 Å². The van der Waals surface area contributed by atoms with E-state index in [0.717, 1.165) is 19.3 Å². The Hall–Kier alpha value is -0.300. The molecule has 2 rings (SSSR count). The molecule has 62 valence electrons. The topological polar surface area (TPSA) is 20.2 Å². The van der Waals surface area contributed by atoms with Gasteiger partial charge in [0.2, 0.25) is 0 Å². The van der Waals surface area contributed by atoms with Gasteiger partial charge >= 0.3 is 0 Å². The van der Waals surface area contributed by atoms with Crippen LogP contribution in [0.5, 0.6) is 0 Å². The molecule has 2 aliphatic carbocycles. The minimum absolute atomic E-state index is 0.0602. The zero-order valence-electron chi connectivity index (χ0n) is 7.30. The molecule has 1 nitrogen and oxygen atoms in total. The van der Waals surface area contributed by atoms with Crippen LogP contribution in [0.15, 0.2) is 12.2 Å². The van der Waals surface area contributed by atoms with E-state index in [1.807, 2.05) is 0 Å². The van der Waals surface area contributed by atoms with Crippen molar-refractivity contribution >= 4 is 0 Å². The Kier molecular flexibility index (Phi) is 1.26. The first-order valence-electron chi connectivity index (χ1n) is 4.42. The maximum atomic E-state index is 9.53. The molecule has 2 aliphatic rings. The molecule has 0 saturated heterocycles. The highest BCUT2D eigenvalue weighted by Gasteiger charge is 2.52. The molecule has 1 saturated carbocycles. The van der Waals surface area contributed by atoms with Crippen LogP contribution in [0, 0.1) is 10.8 Å². The lowest BCUT2D eigenvalue weighted by molar-refractivity contribution is 0.163. The summed E-state index contributed by atoms with van der Waals surface area (Å²) in [4.78, 5) is 0. The number of hydrogen-bond acceptors (Lipinski definition) is 1. The summed E-state index contributed by atoms with van der Waals surface area (Å²) >= 11 is 0. The van der Waals surface area contributed by atoms with Gasteiger partial charge in [-0.25, -0.2) is 0 Å². The van der Waals surface area contributed by atoms with Gasteiger partial charge in [0.25, 0.3) is 0 Å². The SMILES string of the molecule is CC12C=CCC1(C)CC(O)C2. The van der Waals surface area contributed by atoms with E-state index >= 15 is 0 Å². The van der Waals surface area contributed by atoms with E-state index in [2.05, 4.69) is 26.0 Å². The average molecular weight is 152 g/mol. The minimum atomic E-state index is -0.0602. The number of rotatable bonds is 0. The highest BCUT2D eigenvalue weighted by molar-refractivity contribution is 5.19. The lowest BCUT2D eigenvalue weighted by Gasteiger charge is -2.33. The molecule has 0 radical (unpaired) electrons. The molecule has 1 fully saturated rings. The van der Waals surface area contributed by atoms with Crippen LogP contribution in [0.4, 0.5) is 0 Å². The molecule has 3 unspecified atom stereocenters. The molecule has 0 aromatic carbocycles. The molecular weight excluding hydrogens is 136 g/mol. The van der Waals surface area contributed by atoms with Gasteiger partial charge in [-0.1, -0.05) is 26.0 Å². The summed E-state index contributed by atoms with van der Waals surface area (Å²) < 4.78 is 0. The highest BCUT2D eigenvalue weighted by Crippen LogP contribution is 2.58. The summed E-state index contributed by atoms with van der Waals surface area (Å²) in [7, 11) is 0. The fourth-order valence-corrected chi connectivity index (χ4v) is 2.73. The number of aliphatic hydroxyl groups is 1. The number of fused-ring (bicyclic) bond motifs is 1. The Balaban J connectivity index is 2.33. The predicted molar refractivity (Wildman–Crippen MR) is 45.2 cm³/mol. The molecule has 0 aliphatic heterocycles. The van der Waals surface area contributed by atoms with Crippen LogP contribution in [0.2, 0.25) is 0 Å². The van der Waals surface area contributed by atoms with E-state index in [9.17, 15) is 5.11 Å². The molecule has 0 heterocycles. The summed E-state index contributed by atoms with van der Waals surface area (Å²) in [6, 6.07) is 0. The van der Waals surface area contributed by atoms with Crippen LogP contribution in [-0.4, -0.2) is 11.2 Å². The summed E-state index contributed by atoms with van der Waals surface area (Å²) in [5.74, 6) is 0. The van der Waals surface area contributed by atoms with Gasteiger partial charge in [-0.2, -0.15) is 0 Å². The van der Waals surface area contributed by atoms with Crippen LogP contribution < -0.4 is 0 Å². The van der Waals surface area contributed by atoms with E-state index in [4.69, 9.17) is 0 Å². The molecule has 3 atom stereocenters. The normalized spacial score (nSPS) is 55.0. The highest BCUT2D eigenvalue weighted by atomic mass is 16.3. The van der Waals surface area contributed by atoms with Gasteiger partial charge < -0.3 is 5.11 Å². The van der Waals surface area contributed by atoms with Gasteiger partial charge in [-0.3, -0.25) is 0 Å². The van der Waals surface area contributed by atoms with Crippen molar-refractivity contribution in [3.05, 3.63) is 12.2 Å². The molecule has 0 bridgehead atoms. The third-order valence-electron chi connectivity index (χ3n) is 3.78. The molecule has 0 amide bonds. The van der Waals surface area contributed by atoms with Gasteiger partial charge in [-0.15, -0.1) is 0 Å². The largest absolute Gasteiger partial charge is 0.393 e. The minimum Gasteiger partial charge on any atom is -0.393 e. The molecule has 1 N–H and O–H groups in total. The van der Waals surface area contributed by atoms with E-state index in [-0.39, 0.29) is 11.5 Å². The first-order chi connectivity index (χ1) is 5.06. The second kappa shape index (κ2) is 1.89. The Morgan fingerprint density at radius 2 is 2.09 bits per heavy atom. The van der Waals surface area contributed by atoms with Gasteiger partial charge in [0.15, 0.2) is 0 Å². The monoisotopic (exact) mass is 152 g/mol. The van der Waals surface area contributed by atoms with Gasteiger partial charge in [0, 0.05) is 0 Å². The number of hydrogen-bond donors (Lipinski definition) is 1. The Labute approximate surface area is 68.1 Å². The Bertz CT molecular complexity index is 209. The average Bonchev–Trinajstić information content (AvgIpc) is 2.16. The summed E-state index contributed by atoms with van der Waals surface area (Å²) in [6.07, 6.45) is 7.60. The van der Waals surface area contributed by atoms with Crippen LogP contribution >= 0.6 is 0 Å². The third-order valence-corrected chi connectivity index (χ3v) is 3.78. The van der Waals surface area contributed by atoms with Crippen LogP contribution in [0.1, 0.15) is 33.1 Å². The molecule has 11 heavy (non-hydrogen) atoms. The van der Waals surface area contributed by atoms with Crippen molar-refractivity contribution < 1.29 is 5.11 Å². The maximum Gasteiger partial charge on any atom is 0.0554 e. The number of aliphatic hydroxyl groups excluding tert-OH is 1. The second-order valence-corrected chi connectivity index (χ2v) is 4.65. The summed E-state index contributed by atoms with van der Waals surface area (Å²) in [6.45, 7) is 4.57. The standard InChI is InChI=1S/C10H16O/c1-9-4-3-5-10(9,2)7-8(11)6-9/h3-4,8,11H,5-7H2,1-2H3. The number of allylic oxidation sites excluding steroid dienone is 2.